The zero-order valence-corrected chi connectivity index (χ0v) is 14.8. The first-order chi connectivity index (χ1) is 10.9. The summed E-state index contributed by atoms with van der Waals surface area (Å²) >= 11 is 1.62. The van der Waals surface area contributed by atoms with Gasteiger partial charge in [0, 0.05) is 32.8 Å². The van der Waals surface area contributed by atoms with Crippen molar-refractivity contribution < 1.29 is 9.59 Å². The summed E-state index contributed by atoms with van der Waals surface area (Å²) in [6, 6.07) is 15.4. The SMILES string of the molecule is CC(C)C(=O)c1ccc(Sc2ccc(C(=O)C(C)C)cc2)cc1. The second kappa shape index (κ2) is 7.60. The second-order valence-corrected chi connectivity index (χ2v) is 7.34. The van der Waals surface area contributed by atoms with Crippen molar-refractivity contribution in [3.63, 3.8) is 0 Å². The van der Waals surface area contributed by atoms with Crippen molar-refractivity contribution in [1.82, 2.24) is 0 Å². The van der Waals surface area contributed by atoms with Crippen LogP contribution in [0.2, 0.25) is 0 Å². The van der Waals surface area contributed by atoms with Crippen LogP contribution in [-0.4, -0.2) is 11.6 Å². The van der Waals surface area contributed by atoms with Crippen molar-refractivity contribution in [2.75, 3.05) is 0 Å². The van der Waals surface area contributed by atoms with Crippen molar-refractivity contribution in [1.29, 1.82) is 0 Å². The standard InChI is InChI=1S/C20H22O2S/c1-13(2)19(21)15-5-9-17(10-6-15)23-18-11-7-16(8-12-18)20(22)14(3)4/h5-14H,1-4H3. The lowest BCUT2D eigenvalue weighted by atomic mass is 10.0. The number of ketones is 2. The molecule has 0 atom stereocenters. The first-order valence-electron chi connectivity index (χ1n) is 7.85. The van der Waals surface area contributed by atoms with Gasteiger partial charge >= 0.3 is 0 Å². The summed E-state index contributed by atoms with van der Waals surface area (Å²) in [6.07, 6.45) is 0. The van der Waals surface area contributed by atoms with Crippen LogP contribution in [0.4, 0.5) is 0 Å². The van der Waals surface area contributed by atoms with Crippen molar-refractivity contribution in [2.24, 2.45) is 11.8 Å². The maximum Gasteiger partial charge on any atom is 0.165 e. The molecule has 0 bridgehead atoms. The molecule has 0 amide bonds. The van der Waals surface area contributed by atoms with Crippen LogP contribution in [-0.2, 0) is 0 Å². The Morgan fingerprint density at radius 1 is 0.652 bits per heavy atom. The lowest BCUT2D eigenvalue weighted by Gasteiger charge is -2.07. The predicted molar refractivity (Wildman–Crippen MR) is 95.3 cm³/mol. The smallest absolute Gasteiger partial charge is 0.165 e. The molecule has 23 heavy (non-hydrogen) atoms. The number of carbonyl (C=O) groups is 2. The average molecular weight is 326 g/mol. The summed E-state index contributed by atoms with van der Waals surface area (Å²) in [5, 5.41) is 0. The van der Waals surface area contributed by atoms with Gasteiger partial charge in [-0.3, -0.25) is 9.59 Å². The maximum absolute atomic E-state index is 11.9. The molecule has 0 heterocycles. The number of benzene rings is 2. The van der Waals surface area contributed by atoms with E-state index in [1.54, 1.807) is 11.8 Å². The molecule has 0 unspecified atom stereocenters. The fourth-order valence-corrected chi connectivity index (χ4v) is 2.99. The van der Waals surface area contributed by atoms with Gasteiger partial charge in [-0.1, -0.05) is 63.7 Å². The number of hydrogen-bond donors (Lipinski definition) is 0. The van der Waals surface area contributed by atoms with Gasteiger partial charge in [0.05, 0.1) is 0 Å². The Bertz CT molecular complexity index is 621. The minimum Gasteiger partial charge on any atom is -0.294 e. The molecule has 0 aliphatic rings. The summed E-state index contributed by atoms with van der Waals surface area (Å²) in [6.45, 7) is 7.63. The number of carbonyl (C=O) groups excluding carboxylic acids is 2. The molecule has 0 radical (unpaired) electrons. The van der Waals surface area contributed by atoms with Crippen molar-refractivity contribution in [3.05, 3.63) is 59.7 Å². The Balaban J connectivity index is 2.08. The molecule has 120 valence electrons. The van der Waals surface area contributed by atoms with Gasteiger partial charge in [-0.2, -0.15) is 0 Å². The first kappa shape index (κ1) is 17.5. The molecule has 2 aromatic rings. The molecular weight excluding hydrogens is 304 g/mol. The van der Waals surface area contributed by atoms with Gasteiger partial charge < -0.3 is 0 Å². The third-order valence-electron chi connectivity index (χ3n) is 3.56. The molecule has 3 heteroatoms. The fourth-order valence-electron chi connectivity index (χ4n) is 2.18. The zero-order chi connectivity index (χ0) is 17.0. The highest BCUT2D eigenvalue weighted by Crippen LogP contribution is 2.28. The van der Waals surface area contributed by atoms with Crippen LogP contribution in [0.3, 0.4) is 0 Å². The Labute approximate surface area is 142 Å². The van der Waals surface area contributed by atoms with Gasteiger partial charge in [-0.05, 0) is 24.3 Å². The van der Waals surface area contributed by atoms with Gasteiger partial charge in [-0.25, -0.2) is 0 Å². The van der Waals surface area contributed by atoms with E-state index in [1.807, 2.05) is 76.2 Å². The lowest BCUT2D eigenvalue weighted by molar-refractivity contribution is 0.0932. The van der Waals surface area contributed by atoms with Crippen LogP contribution in [0, 0.1) is 11.8 Å². The van der Waals surface area contributed by atoms with Gasteiger partial charge in [-0.15, -0.1) is 0 Å². The lowest BCUT2D eigenvalue weighted by Crippen LogP contribution is -2.07. The maximum atomic E-state index is 11.9. The third kappa shape index (κ3) is 4.55. The Kier molecular flexibility index (Phi) is 5.78. The molecule has 0 saturated heterocycles. The van der Waals surface area contributed by atoms with Crippen LogP contribution in [0.1, 0.15) is 48.4 Å². The van der Waals surface area contributed by atoms with Crippen molar-refractivity contribution in [3.8, 4) is 0 Å². The minimum absolute atomic E-state index is 0.0135. The van der Waals surface area contributed by atoms with Gasteiger partial charge in [0.1, 0.15) is 0 Å². The van der Waals surface area contributed by atoms with Gasteiger partial charge in [0.25, 0.3) is 0 Å². The molecule has 0 aliphatic carbocycles. The van der Waals surface area contributed by atoms with E-state index >= 15 is 0 Å². The van der Waals surface area contributed by atoms with E-state index in [0.717, 1.165) is 20.9 Å². The summed E-state index contributed by atoms with van der Waals surface area (Å²) in [5.74, 6) is 0.357. The number of rotatable bonds is 6. The molecule has 0 N–H and O–H groups in total. The van der Waals surface area contributed by atoms with Gasteiger partial charge in [0.2, 0.25) is 0 Å². The molecule has 2 nitrogen and oxygen atoms in total. The molecule has 0 aromatic heterocycles. The summed E-state index contributed by atoms with van der Waals surface area (Å²) in [5.41, 5.74) is 1.50. The number of hydrogen-bond acceptors (Lipinski definition) is 3. The van der Waals surface area contributed by atoms with Crippen LogP contribution < -0.4 is 0 Å². The zero-order valence-electron chi connectivity index (χ0n) is 14.0. The predicted octanol–water partition coefficient (Wildman–Crippen LogP) is 5.52. The quantitative estimate of drug-likeness (QED) is 0.656. The topological polar surface area (TPSA) is 34.1 Å². The van der Waals surface area contributed by atoms with E-state index in [2.05, 4.69) is 0 Å². The Hall–Kier alpha value is -1.87. The largest absolute Gasteiger partial charge is 0.294 e. The fraction of sp³-hybridized carbons (Fsp3) is 0.300. The third-order valence-corrected chi connectivity index (χ3v) is 4.58. The minimum atomic E-state index is 0.0135. The molecule has 2 aromatic carbocycles. The summed E-state index contributed by atoms with van der Waals surface area (Å²) < 4.78 is 0. The van der Waals surface area contributed by atoms with E-state index < -0.39 is 0 Å². The monoisotopic (exact) mass is 326 g/mol. The first-order valence-corrected chi connectivity index (χ1v) is 8.66. The molecule has 0 fully saturated rings. The molecule has 2 rings (SSSR count). The molecule has 0 aliphatic heterocycles. The summed E-state index contributed by atoms with van der Waals surface area (Å²) in [4.78, 5) is 26.0. The molecule has 0 saturated carbocycles. The van der Waals surface area contributed by atoms with E-state index in [-0.39, 0.29) is 23.4 Å². The van der Waals surface area contributed by atoms with Crippen LogP contribution in [0.25, 0.3) is 0 Å². The highest BCUT2D eigenvalue weighted by molar-refractivity contribution is 7.99. The van der Waals surface area contributed by atoms with Gasteiger partial charge in [0.15, 0.2) is 11.6 Å². The van der Waals surface area contributed by atoms with E-state index in [0.29, 0.717) is 0 Å². The van der Waals surface area contributed by atoms with Crippen LogP contribution in [0.15, 0.2) is 58.3 Å². The summed E-state index contributed by atoms with van der Waals surface area (Å²) in [7, 11) is 0. The van der Waals surface area contributed by atoms with Crippen LogP contribution in [0.5, 0.6) is 0 Å². The highest BCUT2D eigenvalue weighted by atomic mass is 32.2. The van der Waals surface area contributed by atoms with E-state index in [9.17, 15) is 9.59 Å². The average Bonchev–Trinajstić information content (AvgIpc) is 2.54. The Morgan fingerprint density at radius 3 is 1.22 bits per heavy atom. The van der Waals surface area contributed by atoms with Crippen LogP contribution >= 0.6 is 11.8 Å². The number of Topliss-reactive ketones (excluding diaryl/α,β-unsaturated/α-hetero) is 2. The highest BCUT2D eigenvalue weighted by Gasteiger charge is 2.11. The van der Waals surface area contributed by atoms with Crippen molar-refractivity contribution >= 4 is 23.3 Å². The Morgan fingerprint density at radius 2 is 0.957 bits per heavy atom. The van der Waals surface area contributed by atoms with E-state index in [4.69, 9.17) is 0 Å². The van der Waals surface area contributed by atoms with Crippen molar-refractivity contribution in [2.45, 2.75) is 37.5 Å². The second-order valence-electron chi connectivity index (χ2n) is 6.19. The normalized spacial score (nSPS) is 11.0. The molecular formula is C20H22O2S. The molecule has 0 spiro atoms. The van der Waals surface area contributed by atoms with E-state index in [1.165, 1.54) is 0 Å².